The number of benzene rings is 1. The van der Waals surface area contributed by atoms with E-state index in [1.54, 1.807) is 12.1 Å². The fraction of sp³-hybridized carbons (Fsp3) is 0.105. The number of carboxylic acids is 1. The van der Waals surface area contributed by atoms with Crippen molar-refractivity contribution in [1.82, 2.24) is 24.3 Å². The van der Waals surface area contributed by atoms with E-state index in [2.05, 4.69) is 10.1 Å². The zero-order valence-electron chi connectivity index (χ0n) is 14.2. The fourth-order valence-electron chi connectivity index (χ4n) is 3.60. The third kappa shape index (κ3) is 1.91. The first-order valence-electron chi connectivity index (χ1n) is 8.15. The normalized spacial score (nSPS) is 11.8. The summed E-state index contributed by atoms with van der Waals surface area (Å²) in [6, 6.07) is 7.19. The Hall–Kier alpha value is -3.61. The maximum Gasteiger partial charge on any atom is 0.335 e. The molecule has 4 heterocycles. The number of carbonyl (C=O) groups is 1. The number of carboxylic acid groups (broad SMARTS) is 1. The number of H-pyrrole nitrogens is 1. The molecule has 5 rings (SSSR count). The summed E-state index contributed by atoms with van der Waals surface area (Å²) < 4.78 is 3.88. The van der Waals surface area contributed by atoms with E-state index < -0.39 is 5.97 Å². The van der Waals surface area contributed by atoms with Gasteiger partial charge in [0, 0.05) is 59.9 Å². The van der Waals surface area contributed by atoms with Crippen molar-refractivity contribution in [3.63, 3.8) is 0 Å². The van der Waals surface area contributed by atoms with Crippen molar-refractivity contribution in [2.45, 2.75) is 0 Å². The van der Waals surface area contributed by atoms with E-state index >= 15 is 0 Å². The molecule has 0 saturated heterocycles. The highest BCUT2D eigenvalue weighted by atomic mass is 16.4. The zero-order valence-corrected chi connectivity index (χ0v) is 14.2. The largest absolute Gasteiger partial charge is 0.478 e. The summed E-state index contributed by atoms with van der Waals surface area (Å²) in [7, 11) is 3.86. The Morgan fingerprint density at radius 3 is 2.85 bits per heavy atom. The van der Waals surface area contributed by atoms with Gasteiger partial charge in [-0.2, -0.15) is 0 Å². The molecule has 0 bridgehead atoms. The Morgan fingerprint density at radius 2 is 2.04 bits per heavy atom. The van der Waals surface area contributed by atoms with Gasteiger partial charge in [-0.25, -0.2) is 14.8 Å². The maximum absolute atomic E-state index is 11.2. The molecule has 0 amide bonds. The van der Waals surface area contributed by atoms with Gasteiger partial charge in [-0.1, -0.05) is 6.07 Å². The summed E-state index contributed by atoms with van der Waals surface area (Å²) >= 11 is 0. The van der Waals surface area contributed by atoms with Crippen LogP contribution in [0.15, 0.2) is 42.9 Å². The Kier molecular flexibility index (Phi) is 2.80. The first-order chi connectivity index (χ1) is 12.5. The van der Waals surface area contributed by atoms with Gasteiger partial charge in [0.2, 0.25) is 0 Å². The lowest BCUT2D eigenvalue weighted by Gasteiger charge is -1.98. The van der Waals surface area contributed by atoms with E-state index in [4.69, 9.17) is 4.98 Å². The predicted molar refractivity (Wildman–Crippen MR) is 99.2 cm³/mol. The molecule has 128 valence electrons. The van der Waals surface area contributed by atoms with Gasteiger partial charge in [-0.3, -0.25) is 4.68 Å². The molecule has 0 aliphatic carbocycles. The second-order valence-electron chi connectivity index (χ2n) is 6.46. The monoisotopic (exact) mass is 345 g/mol. The predicted octanol–water partition coefficient (Wildman–Crippen LogP) is 3.31. The summed E-state index contributed by atoms with van der Waals surface area (Å²) in [6.45, 7) is 0. The first-order valence-corrected chi connectivity index (χ1v) is 8.15. The molecule has 7 nitrogen and oxygen atoms in total. The number of hydrogen-bond donors (Lipinski definition) is 2. The molecule has 0 aliphatic rings. The van der Waals surface area contributed by atoms with Gasteiger partial charge >= 0.3 is 5.97 Å². The van der Waals surface area contributed by atoms with Gasteiger partial charge in [0.25, 0.3) is 0 Å². The highest BCUT2D eigenvalue weighted by molar-refractivity contribution is 6.06. The Balaban J connectivity index is 1.78. The molecule has 4 aromatic heterocycles. The van der Waals surface area contributed by atoms with E-state index in [1.165, 1.54) is 0 Å². The molecule has 0 spiro atoms. The summed E-state index contributed by atoms with van der Waals surface area (Å²) in [6.07, 6.45) is 5.71. The summed E-state index contributed by atoms with van der Waals surface area (Å²) in [5.74, 6) is -0.932. The van der Waals surface area contributed by atoms with Crippen LogP contribution in [-0.4, -0.2) is 35.4 Å². The number of pyridine rings is 1. The Bertz CT molecular complexity index is 1340. The van der Waals surface area contributed by atoms with Gasteiger partial charge < -0.3 is 14.8 Å². The number of fused-ring (bicyclic) bond motifs is 4. The molecule has 0 fully saturated rings. The molecular weight excluding hydrogens is 330 g/mol. The third-order valence-corrected chi connectivity index (χ3v) is 4.87. The lowest BCUT2D eigenvalue weighted by atomic mass is 10.1. The van der Waals surface area contributed by atoms with Crippen LogP contribution in [0.5, 0.6) is 0 Å². The van der Waals surface area contributed by atoms with E-state index in [0.29, 0.717) is 5.65 Å². The second-order valence-corrected chi connectivity index (χ2v) is 6.46. The van der Waals surface area contributed by atoms with Crippen LogP contribution in [0.2, 0.25) is 0 Å². The van der Waals surface area contributed by atoms with Crippen LogP contribution in [-0.2, 0) is 14.1 Å². The van der Waals surface area contributed by atoms with Gasteiger partial charge in [-0.15, -0.1) is 0 Å². The van der Waals surface area contributed by atoms with E-state index in [1.807, 2.05) is 54.1 Å². The van der Waals surface area contributed by atoms with E-state index in [9.17, 15) is 9.90 Å². The molecular formula is C19H15N5O2. The smallest absolute Gasteiger partial charge is 0.335 e. The van der Waals surface area contributed by atoms with Crippen LogP contribution >= 0.6 is 0 Å². The Morgan fingerprint density at radius 1 is 1.19 bits per heavy atom. The molecule has 0 saturated carbocycles. The van der Waals surface area contributed by atoms with Crippen molar-refractivity contribution in [2.24, 2.45) is 14.1 Å². The van der Waals surface area contributed by atoms with Crippen LogP contribution < -0.4 is 0 Å². The third-order valence-electron chi connectivity index (χ3n) is 4.87. The van der Waals surface area contributed by atoms with Crippen LogP contribution in [0.4, 0.5) is 0 Å². The van der Waals surface area contributed by atoms with E-state index in [0.717, 1.165) is 38.4 Å². The molecule has 5 aromatic rings. The van der Waals surface area contributed by atoms with Crippen molar-refractivity contribution in [3.8, 4) is 11.3 Å². The first kappa shape index (κ1) is 14.7. The lowest BCUT2D eigenvalue weighted by Crippen LogP contribution is -1.96. The minimum atomic E-state index is -0.932. The summed E-state index contributed by atoms with van der Waals surface area (Å²) in [5.41, 5.74) is 4.67. The molecule has 2 N–H and O–H groups in total. The van der Waals surface area contributed by atoms with Crippen molar-refractivity contribution >= 4 is 38.8 Å². The number of aromatic amines is 1. The topological polar surface area (TPSA) is 88.7 Å². The average Bonchev–Trinajstić information content (AvgIpc) is 3.30. The number of hydrogen-bond acceptors (Lipinski definition) is 3. The van der Waals surface area contributed by atoms with Gasteiger partial charge in [0.1, 0.15) is 0 Å². The highest BCUT2D eigenvalue weighted by Crippen LogP contribution is 2.33. The summed E-state index contributed by atoms with van der Waals surface area (Å²) in [4.78, 5) is 20.4. The molecule has 1 aromatic carbocycles. The van der Waals surface area contributed by atoms with Crippen LogP contribution in [0.25, 0.3) is 44.1 Å². The second kappa shape index (κ2) is 4.95. The van der Waals surface area contributed by atoms with Crippen LogP contribution in [0.3, 0.4) is 0 Å². The number of nitrogens with zero attached hydrogens (tertiary/aromatic N) is 4. The number of aromatic nitrogens is 5. The van der Waals surface area contributed by atoms with Gasteiger partial charge in [0.15, 0.2) is 5.65 Å². The molecule has 0 radical (unpaired) electrons. The lowest BCUT2D eigenvalue weighted by molar-refractivity contribution is 0.0697. The number of aromatic carboxylic acids is 1. The number of nitrogens with one attached hydrogen (secondary N) is 1. The van der Waals surface area contributed by atoms with Crippen molar-refractivity contribution in [3.05, 3.63) is 48.4 Å². The number of aryl methyl sites for hydroxylation is 2. The number of rotatable bonds is 2. The van der Waals surface area contributed by atoms with Crippen LogP contribution in [0, 0.1) is 0 Å². The standard InChI is InChI=1S/C19H15N5O2/c1-23-9-14(12-4-3-10(19(25)26)5-16(12)23)15-6-13-17-11(8-21-24(17)2)7-20-18(13)22-15/h3-9,21H,1-2H3,(H,25,26). The van der Waals surface area contributed by atoms with Crippen molar-refractivity contribution in [1.29, 1.82) is 0 Å². The molecule has 0 unspecified atom stereocenters. The highest BCUT2D eigenvalue weighted by Gasteiger charge is 2.16. The molecule has 0 atom stereocenters. The van der Waals surface area contributed by atoms with Gasteiger partial charge in [-0.05, 0) is 18.2 Å². The van der Waals surface area contributed by atoms with Gasteiger partial charge in [0.05, 0.1) is 16.8 Å². The van der Waals surface area contributed by atoms with E-state index in [-0.39, 0.29) is 5.56 Å². The zero-order chi connectivity index (χ0) is 18.0. The fourth-order valence-corrected chi connectivity index (χ4v) is 3.60. The molecule has 7 heteroatoms. The Labute approximate surface area is 147 Å². The summed E-state index contributed by atoms with van der Waals surface area (Å²) in [5, 5.41) is 15.4. The average molecular weight is 345 g/mol. The van der Waals surface area contributed by atoms with Crippen molar-refractivity contribution in [2.75, 3.05) is 0 Å². The molecule has 0 aliphatic heterocycles. The maximum atomic E-state index is 11.2. The quantitative estimate of drug-likeness (QED) is 0.514. The molecule has 26 heavy (non-hydrogen) atoms. The van der Waals surface area contributed by atoms with Crippen LogP contribution in [0.1, 0.15) is 10.4 Å². The SMILES string of the molecule is Cn1cc(-c2cc3c(ncc4c[nH]n(C)c43)n2)c2ccc(C(=O)O)cc21. The minimum absolute atomic E-state index is 0.272. The minimum Gasteiger partial charge on any atom is -0.478 e. The van der Waals surface area contributed by atoms with Crippen molar-refractivity contribution < 1.29 is 9.90 Å².